The number of pyridine rings is 2. The van der Waals surface area contributed by atoms with Crippen molar-refractivity contribution in [2.24, 2.45) is 0 Å². The summed E-state index contributed by atoms with van der Waals surface area (Å²) < 4.78 is 0. The summed E-state index contributed by atoms with van der Waals surface area (Å²) in [5.74, 6) is 0.499. The SMILES string of the molecule is Nc1ccc(O)cc1.Nc1ccc(O)cc1.OCc1ccccn1.OCc1ccccn1.[Ti]. The Morgan fingerprint density at radius 2 is 0.879 bits per heavy atom. The van der Waals surface area contributed by atoms with E-state index in [4.69, 9.17) is 31.9 Å². The molecule has 33 heavy (non-hydrogen) atoms. The first-order chi connectivity index (χ1) is 15.4. The maximum absolute atomic E-state index is 8.70. The Hall–Kier alpha value is -3.43. The first kappa shape index (κ1) is 29.6. The molecular formula is C24H28N4O4Ti. The van der Waals surface area contributed by atoms with E-state index in [2.05, 4.69) is 9.97 Å². The van der Waals surface area contributed by atoms with Crippen molar-refractivity contribution in [2.75, 3.05) is 11.5 Å². The van der Waals surface area contributed by atoms with Crippen molar-refractivity contribution in [3.05, 3.63) is 109 Å². The average Bonchev–Trinajstić information content (AvgIpc) is 2.85. The van der Waals surface area contributed by atoms with Crippen LogP contribution in [-0.4, -0.2) is 30.4 Å². The monoisotopic (exact) mass is 484 g/mol. The molecule has 0 aliphatic heterocycles. The van der Waals surface area contributed by atoms with Gasteiger partial charge in [0.25, 0.3) is 0 Å². The van der Waals surface area contributed by atoms with Gasteiger partial charge in [-0.2, -0.15) is 0 Å². The average molecular weight is 484 g/mol. The molecule has 0 fully saturated rings. The second-order valence-electron chi connectivity index (χ2n) is 6.14. The van der Waals surface area contributed by atoms with Gasteiger partial charge in [-0.25, -0.2) is 0 Å². The van der Waals surface area contributed by atoms with Crippen LogP contribution in [0.1, 0.15) is 11.4 Å². The van der Waals surface area contributed by atoms with Gasteiger partial charge < -0.3 is 31.9 Å². The number of hydrogen-bond donors (Lipinski definition) is 6. The smallest absolute Gasteiger partial charge is 0.115 e. The Morgan fingerprint density at radius 3 is 1.06 bits per heavy atom. The van der Waals surface area contributed by atoms with Gasteiger partial charge in [-0.1, -0.05) is 12.1 Å². The molecule has 9 heteroatoms. The van der Waals surface area contributed by atoms with Crippen molar-refractivity contribution in [2.45, 2.75) is 13.2 Å². The fraction of sp³-hybridized carbons (Fsp3) is 0.0833. The molecule has 2 heterocycles. The van der Waals surface area contributed by atoms with Crippen LogP contribution in [0.15, 0.2) is 97.3 Å². The van der Waals surface area contributed by atoms with Gasteiger partial charge in [0.05, 0.1) is 24.6 Å². The van der Waals surface area contributed by atoms with Crippen LogP contribution < -0.4 is 11.5 Å². The van der Waals surface area contributed by atoms with E-state index in [0.717, 1.165) is 0 Å². The number of nitrogen functional groups attached to an aromatic ring is 2. The fourth-order valence-corrected chi connectivity index (χ4v) is 1.93. The summed E-state index contributed by atoms with van der Waals surface area (Å²) in [4.78, 5) is 7.69. The molecule has 0 aliphatic rings. The maximum Gasteiger partial charge on any atom is 0.115 e. The number of aliphatic hydroxyl groups excluding tert-OH is 2. The standard InChI is InChI=1S/4C6H7NO.Ti/c2*7-5-1-3-6(8)4-2-5;2*8-5-6-3-1-2-4-7-6;/h2*1-4,8H,7H2;2*1-4,8H,5H2;. The van der Waals surface area contributed by atoms with Gasteiger partial charge in [0.1, 0.15) is 11.5 Å². The Labute approximate surface area is 208 Å². The molecule has 8 nitrogen and oxygen atoms in total. The predicted octanol–water partition coefficient (Wildman–Crippen LogP) is 3.09. The molecule has 2 aromatic carbocycles. The number of benzene rings is 2. The molecule has 4 rings (SSSR count). The van der Waals surface area contributed by atoms with Gasteiger partial charge in [-0.05, 0) is 72.8 Å². The third kappa shape index (κ3) is 15.1. The zero-order valence-electron chi connectivity index (χ0n) is 18.0. The second-order valence-corrected chi connectivity index (χ2v) is 6.14. The van der Waals surface area contributed by atoms with Crippen molar-refractivity contribution in [1.29, 1.82) is 0 Å². The number of nitrogens with zero attached hydrogens (tertiary/aromatic N) is 2. The minimum absolute atomic E-state index is 0. The van der Waals surface area contributed by atoms with Crippen LogP contribution in [0.5, 0.6) is 11.5 Å². The summed E-state index contributed by atoms with van der Waals surface area (Å²) in [7, 11) is 0. The Bertz CT molecular complexity index is 850. The normalized spacial score (nSPS) is 8.79. The number of nitrogens with two attached hydrogens (primary N) is 2. The summed E-state index contributed by atoms with van der Waals surface area (Å²) in [6.07, 6.45) is 3.32. The van der Waals surface area contributed by atoms with Crippen LogP contribution in [-0.2, 0) is 34.9 Å². The van der Waals surface area contributed by atoms with Crippen LogP contribution in [0.3, 0.4) is 0 Å². The first-order valence-corrected chi connectivity index (χ1v) is 9.55. The minimum Gasteiger partial charge on any atom is -0.508 e. The molecule has 0 spiro atoms. The van der Waals surface area contributed by atoms with E-state index in [1.165, 1.54) is 0 Å². The van der Waals surface area contributed by atoms with Gasteiger partial charge in [-0.3, -0.25) is 9.97 Å². The number of aromatic nitrogens is 2. The predicted molar refractivity (Wildman–Crippen MR) is 125 cm³/mol. The third-order valence-corrected chi connectivity index (χ3v) is 3.56. The zero-order chi connectivity index (χ0) is 23.6. The van der Waals surface area contributed by atoms with Gasteiger partial charge in [0.2, 0.25) is 0 Å². The molecule has 172 valence electrons. The molecule has 0 saturated carbocycles. The van der Waals surface area contributed by atoms with E-state index in [9.17, 15) is 0 Å². The van der Waals surface area contributed by atoms with Crippen LogP contribution in [0.2, 0.25) is 0 Å². The summed E-state index contributed by atoms with van der Waals surface area (Å²) in [6.45, 7) is 0.0572. The van der Waals surface area contributed by atoms with E-state index in [1.807, 2.05) is 24.3 Å². The van der Waals surface area contributed by atoms with Gasteiger partial charge in [-0.15, -0.1) is 0 Å². The first-order valence-electron chi connectivity index (χ1n) is 9.55. The summed E-state index contributed by atoms with van der Waals surface area (Å²) in [5.41, 5.74) is 13.4. The molecule has 0 saturated heterocycles. The van der Waals surface area contributed by atoms with Gasteiger partial charge in [0, 0.05) is 45.5 Å². The van der Waals surface area contributed by atoms with E-state index in [0.29, 0.717) is 22.8 Å². The number of hydrogen-bond acceptors (Lipinski definition) is 8. The quantitative estimate of drug-likeness (QED) is 0.144. The number of aliphatic hydroxyl groups is 2. The van der Waals surface area contributed by atoms with Crippen LogP contribution in [0, 0.1) is 0 Å². The van der Waals surface area contributed by atoms with E-state index >= 15 is 0 Å². The number of phenolic OH excluding ortho intramolecular Hbond substituents is 2. The van der Waals surface area contributed by atoms with Crippen LogP contribution >= 0.6 is 0 Å². The van der Waals surface area contributed by atoms with Crippen molar-refractivity contribution in [1.82, 2.24) is 9.97 Å². The largest absolute Gasteiger partial charge is 0.508 e. The summed E-state index contributed by atoms with van der Waals surface area (Å²) in [5, 5.41) is 34.4. The Kier molecular flexibility index (Phi) is 16.3. The molecule has 0 radical (unpaired) electrons. The number of anilines is 2. The number of aromatic hydroxyl groups is 2. The van der Waals surface area contributed by atoms with E-state index in [-0.39, 0.29) is 46.4 Å². The molecule has 4 aromatic rings. The summed E-state index contributed by atoms with van der Waals surface area (Å²) in [6, 6.07) is 23.7. The van der Waals surface area contributed by atoms with Crippen LogP contribution in [0.4, 0.5) is 11.4 Å². The zero-order valence-corrected chi connectivity index (χ0v) is 19.6. The number of phenols is 2. The van der Waals surface area contributed by atoms with Crippen molar-refractivity contribution in [3.8, 4) is 11.5 Å². The molecule has 8 N–H and O–H groups in total. The van der Waals surface area contributed by atoms with Gasteiger partial charge in [0.15, 0.2) is 0 Å². The molecule has 0 unspecified atom stereocenters. The molecule has 0 atom stereocenters. The molecule has 0 aliphatic carbocycles. The Balaban J connectivity index is 0.000000410. The topological polar surface area (TPSA) is 159 Å². The number of rotatable bonds is 2. The van der Waals surface area contributed by atoms with Crippen molar-refractivity contribution < 1.29 is 42.1 Å². The van der Waals surface area contributed by atoms with E-state index in [1.54, 1.807) is 73.1 Å². The molecular weight excluding hydrogens is 456 g/mol. The fourth-order valence-electron chi connectivity index (χ4n) is 1.93. The Morgan fingerprint density at radius 1 is 0.545 bits per heavy atom. The second kappa shape index (κ2) is 18.2. The van der Waals surface area contributed by atoms with E-state index < -0.39 is 0 Å². The van der Waals surface area contributed by atoms with Crippen LogP contribution in [0.25, 0.3) is 0 Å². The van der Waals surface area contributed by atoms with Crippen molar-refractivity contribution >= 4 is 11.4 Å². The molecule has 2 aromatic heterocycles. The molecule has 0 amide bonds. The van der Waals surface area contributed by atoms with Crippen molar-refractivity contribution in [3.63, 3.8) is 0 Å². The molecule has 0 bridgehead atoms. The minimum atomic E-state index is 0. The van der Waals surface area contributed by atoms with Gasteiger partial charge >= 0.3 is 0 Å². The maximum atomic E-state index is 8.70. The summed E-state index contributed by atoms with van der Waals surface area (Å²) >= 11 is 0. The third-order valence-electron chi connectivity index (χ3n) is 3.56.